The fraction of sp³-hybridized carbons (Fsp3) is 0.333. The summed E-state index contributed by atoms with van der Waals surface area (Å²) in [5.41, 5.74) is 1.39. The molecule has 0 saturated carbocycles. The summed E-state index contributed by atoms with van der Waals surface area (Å²) >= 11 is 0. The number of fused-ring (bicyclic) bond motifs is 1. The number of carbonyl (C=O) groups excluding carboxylic acids is 1. The molecule has 0 spiro atoms. The molecule has 3 aromatic rings. The second-order valence-corrected chi connectivity index (χ2v) is 6.35. The van der Waals surface area contributed by atoms with E-state index in [4.69, 9.17) is 0 Å². The lowest BCUT2D eigenvalue weighted by molar-refractivity contribution is 0.0927. The number of carbonyl (C=O) groups is 1. The van der Waals surface area contributed by atoms with Gasteiger partial charge >= 0.3 is 0 Å². The molecular weight excluding hydrogens is 316 g/mol. The van der Waals surface area contributed by atoms with Crippen LogP contribution < -0.4 is 10.2 Å². The monoisotopic (exact) mass is 336 g/mol. The van der Waals surface area contributed by atoms with E-state index in [0.717, 1.165) is 42.7 Å². The molecule has 1 amide bonds. The molecule has 7 nitrogen and oxygen atoms in total. The summed E-state index contributed by atoms with van der Waals surface area (Å²) in [4.78, 5) is 23.4. The van der Waals surface area contributed by atoms with Crippen LogP contribution in [0.5, 0.6) is 0 Å². The molecule has 4 rings (SSSR count). The molecule has 3 heterocycles. The molecule has 0 bridgehead atoms. The summed E-state index contributed by atoms with van der Waals surface area (Å²) in [6, 6.07) is 9.82. The lowest BCUT2D eigenvalue weighted by Crippen LogP contribution is -2.48. The van der Waals surface area contributed by atoms with Crippen LogP contribution in [0.1, 0.15) is 23.3 Å². The fourth-order valence-electron chi connectivity index (χ4n) is 3.33. The number of hydrogen-bond acceptors (Lipinski definition) is 5. The van der Waals surface area contributed by atoms with Crippen LogP contribution in [0.25, 0.3) is 10.9 Å². The van der Waals surface area contributed by atoms with Gasteiger partial charge in [0.05, 0.1) is 5.52 Å². The van der Waals surface area contributed by atoms with Crippen molar-refractivity contribution in [2.75, 3.05) is 18.0 Å². The number of amides is 1. The number of benzene rings is 1. The molecule has 2 aromatic heterocycles. The average Bonchev–Trinajstić information content (AvgIpc) is 3.08. The first-order valence-corrected chi connectivity index (χ1v) is 8.46. The maximum Gasteiger partial charge on any atom is 0.272 e. The molecule has 1 saturated heterocycles. The van der Waals surface area contributed by atoms with E-state index in [1.165, 1.54) is 0 Å². The summed E-state index contributed by atoms with van der Waals surface area (Å²) in [5.74, 6) is 0.808. The number of aromatic nitrogens is 4. The molecule has 25 heavy (non-hydrogen) atoms. The van der Waals surface area contributed by atoms with Gasteiger partial charge in [-0.25, -0.2) is 9.97 Å². The maximum absolute atomic E-state index is 12.4. The van der Waals surface area contributed by atoms with Crippen LogP contribution >= 0.6 is 0 Å². The number of rotatable bonds is 3. The number of nitrogens with one attached hydrogen (secondary N) is 1. The smallest absolute Gasteiger partial charge is 0.272 e. The number of para-hydroxylation sites is 1. The molecule has 1 aromatic carbocycles. The number of hydrogen-bond donors (Lipinski definition) is 1. The molecule has 1 aliphatic rings. The van der Waals surface area contributed by atoms with E-state index in [-0.39, 0.29) is 11.9 Å². The van der Waals surface area contributed by atoms with Gasteiger partial charge in [0, 0.05) is 37.8 Å². The predicted molar refractivity (Wildman–Crippen MR) is 95.4 cm³/mol. The molecule has 1 aliphatic heterocycles. The zero-order valence-corrected chi connectivity index (χ0v) is 14.1. The normalized spacial score (nSPS) is 17.6. The summed E-state index contributed by atoms with van der Waals surface area (Å²) in [7, 11) is 1.80. The standard InChI is InChI=1S/C18H20N6O/c1-23-10-8-16(22-23)18(25)21-13-5-4-9-24(11-13)17-14-6-2-3-7-15(14)19-12-20-17/h2-3,6-8,10,12-13H,4-5,9,11H2,1H3,(H,21,25). The summed E-state index contributed by atoms with van der Waals surface area (Å²) < 4.78 is 1.63. The van der Waals surface area contributed by atoms with Crippen molar-refractivity contribution in [3.8, 4) is 0 Å². The van der Waals surface area contributed by atoms with Gasteiger partial charge in [0.25, 0.3) is 5.91 Å². The van der Waals surface area contributed by atoms with Crippen molar-refractivity contribution >= 4 is 22.6 Å². The minimum Gasteiger partial charge on any atom is -0.354 e. The summed E-state index contributed by atoms with van der Waals surface area (Å²) in [6.45, 7) is 1.66. The molecule has 1 fully saturated rings. The van der Waals surface area contributed by atoms with E-state index in [1.54, 1.807) is 30.3 Å². The molecule has 1 unspecified atom stereocenters. The highest BCUT2D eigenvalue weighted by Crippen LogP contribution is 2.25. The van der Waals surface area contributed by atoms with Crippen molar-refractivity contribution in [2.45, 2.75) is 18.9 Å². The Kier molecular flexibility index (Phi) is 4.05. The Balaban J connectivity index is 1.52. The maximum atomic E-state index is 12.4. The van der Waals surface area contributed by atoms with Crippen LogP contribution in [-0.2, 0) is 7.05 Å². The van der Waals surface area contributed by atoms with Crippen molar-refractivity contribution in [1.82, 2.24) is 25.1 Å². The van der Waals surface area contributed by atoms with Gasteiger partial charge in [-0.05, 0) is 31.0 Å². The Morgan fingerprint density at radius 2 is 2.12 bits per heavy atom. The SMILES string of the molecule is Cn1ccc(C(=O)NC2CCCN(c3ncnc4ccccc34)C2)n1. The third kappa shape index (κ3) is 3.17. The van der Waals surface area contributed by atoms with E-state index in [9.17, 15) is 4.79 Å². The minimum absolute atomic E-state index is 0.0805. The zero-order valence-electron chi connectivity index (χ0n) is 14.1. The summed E-state index contributed by atoms with van der Waals surface area (Å²) in [5, 5.41) is 8.30. The van der Waals surface area contributed by atoms with Crippen LogP contribution in [0, 0.1) is 0 Å². The molecule has 1 atom stereocenters. The minimum atomic E-state index is -0.125. The number of nitrogens with zero attached hydrogens (tertiary/aromatic N) is 5. The first-order chi connectivity index (χ1) is 12.2. The molecular formula is C18H20N6O. The van der Waals surface area contributed by atoms with E-state index in [1.807, 2.05) is 24.3 Å². The Hall–Kier alpha value is -2.96. The Labute approximate surface area is 145 Å². The first kappa shape index (κ1) is 15.6. The third-order valence-electron chi connectivity index (χ3n) is 4.52. The van der Waals surface area contributed by atoms with Gasteiger partial charge in [0.15, 0.2) is 0 Å². The van der Waals surface area contributed by atoms with E-state index in [0.29, 0.717) is 5.69 Å². The quantitative estimate of drug-likeness (QED) is 0.789. The van der Waals surface area contributed by atoms with Gasteiger partial charge in [0.2, 0.25) is 0 Å². The topological polar surface area (TPSA) is 75.9 Å². The van der Waals surface area contributed by atoms with Crippen LogP contribution in [0.4, 0.5) is 5.82 Å². The molecule has 128 valence electrons. The lowest BCUT2D eigenvalue weighted by Gasteiger charge is -2.34. The van der Waals surface area contributed by atoms with E-state index in [2.05, 4.69) is 25.3 Å². The highest BCUT2D eigenvalue weighted by Gasteiger charge is 2.24. The third-order valence-corrected chi connectivity index (χ3v) is 4.52. The second-order valence-electron chi connectivity index (χ2n) is 6.35. The average molecular weight is 336 g/mol. The van der Waals surface area contributed by atoms with Crippen molar-refractivity contribution < 1.29 is 4.79 Å². The van der Waals surface area contributed by atoms with Crippen LogP contribution in [0.15, 0.2) is 42.9 Å². The predicted octanol–water partition coefficient (Wildman–Crippen LogP) is 1.76. The molecule has 0 aliphatic carbocycles. The Morgan fingerprint density at radius 1 is 1.24 bits per heavy atom. The van der Waals surface area contributed by atoms with Gasteiger partial charge in [0.1, 0.15) is 17.8 Å². The lowest BCUT2D eigenvalue weighted by atomic mass is 10.0. The van der Waals surface area contributed by atoms with Gasteiger partial charge in [-0.2, -0.15) is 5.10 Å². The van der Waals surface area contributed by atoms with Gasteiger partial charge in [-0.1, -0.05) is 12.1 Å². The molecule has 0 radical (unpaired) electrons. The van der Waals surface area contributed by atoms with Crippen LogP contribution in [-0.4, -0.2) is 44.8 Å². The van der Waals surface area contributed by atoms with Crippen molar-refractivity contribution in [3.63, 3.8) is 0 Å². The first-order valence-electron chi connectivity index (χ1n) is 8.46. The Bertz CT molecular complexity index is 900. The molecule has 1 N–H and O–H groups in total. The van der Waals surface area contributed by atoms with Crippen LogP contribution in [0.3, 0.4) is 0 Å². The molecule has 7 heteroatoms. The Morgan fingerprint density at radius 3 is 2.96 bits per heavy atom. The largest absolute Gasteiger partial charge is 0.354 e. The number of aryl methyl sites for hydroxylation is 1. The van der Waals surface area contributed by atoms with E-state index >= 15 is 0 Å². The second kappa shape index (κ2) is 6.51. The van der Waals surface area contributed by atoms with Crippen LogP contribution in [0.2, 0.25) is 0 Å². The van der Waals surface area contributed by atoms with Gasteiger partial charge in [-0.15, -0.1) is 0 Å². The number of anilines is 1. The highest BCUT2D eigenvalue weighted by atomic mass is 16.2. The van der Waals surface area contributed by atoms with Crippen molar-refractivity contribution in [3.05, 3.63) is 48.5 Å². The van der Waals surface area contributed by atoms with Crippen molar-refractivity contribution in [1.29, 1.82) is 0 Å². The van der Waals surface area contributed by atoms with Crippen molar-refractivity contribution in [2.24, 2.45) is 7.05 Å². The van der Waals surface area contributed by atoms with Gasteiger partial charge < -0.3 is 10.2 Å². The van der Waals surface area contributed by atoms with E-state index < -0.39 is 0 Å². The zero-order chi connectivity index (χ0) is 17.2. The number of piperidine rings is 1. The summed E-state index contributed by atoms with van der Waals surface area (Å²) in [6.07, 6.45) is 5.34. The highest BCUT2D eigenvalue weighted by molar-refractivity contribution is 5.92. The fourth-order valence-corrected chi connectivity index (χ4v) is 3.33. The van der Waals surface area contributed by atoms with Gasteiger partial charge in [-0.3, -0.25) is 9.48 Å².